The number of anilines is 2. The van der Waals surface area contributed by atoms with Gasteiger partial charge in [0.25, 0.3) is 11.8 Å². The zero-order valence-corrected chi connectivity index (χ0v) is 22.1. The summed E-state index contributed by atoms with van der Waals surface area (Å²) in [7, 11) is 0. The van der Waals surface area contributed by atoms with Crippen molar-refractivity contribution < 1.29 is 19.5 Å². The van der Waals surface area contributed by atoms with E-state index in [0.29, 0.717) is 36.2 Å². The highest BCUT2D eigenvalue weighted by molar-refractivity contribution is 8.00. The summed E-state index contributed by atoms with van der Waals surface area (Å²) < 4.78 is 0. The molecule has 0 saturated heterocycles. The number of benzene rings is 4. The Labute approximate surface area is 231 Å². The Bertz CT molecular complexity index is 1490. The number of rotatable bonds is 7. The normalized spacial score (nSPS) is 14.7. The van der Waals surface area contributed by atoms with E-state index in [2.05, 4.69) is 5.32 Å². The summed E-state index contributed by atoms with van der Waals surface area (Å²) in [6.07, 6.45) is 1.36. The van der Waals surface area contributed by atoms with Crippen LogP contribution in [0.25, 0.3) is 11.1 Å². The van der Waals surface area contributed by atoms with Gasteiger partial charge in [-0.15, -0.1) is 11.8 Å². The SMILES string of the molecule is O=C(O)CC[C@H]1CCN(C(=O)c2ccc(NC(=O)c3ccccc3-c3ccccc3)cc2)c2ccccc2S1. The van der Waals surface area contributed by atoms with Crippen LogP contribution in [0.3, 0.4) is 0 Å². The van der Waals surface area contributed by atoms with Crippen molar-refractivity contribution in [2.24, 2.45) is 0 Å². The summed E-state index contributed by atoms with van der Waals surface area (Å²) in [5.41, 5.74) is 4.33. The van der Waals surface area contributed by atoms with Gasteiger partial charge in [-0.3, -0.25) is 14.4 Å². The fourth-order valence-electron chi connectivity index (χ4n) is 4.71. The molecule has 4 aromatic rings. The molecule has 7 heteroatoms. The van der Waals surface area contributed by atoms with Gasteiger partial charge in [0.05, 0.1) is 5.69 Å². The van der Waals surface area contributed by atoms with E-state index < -0.39 is 5.97 Å². The molecule has 0 aliphatic carbocycles. The van der Waals surface area contributed by atoms with Crippen LogP contribution >= 0.6 is 11.8 Å². The van der Waals surface area contributed by atoms with Crippen LogP contribution in [-0.4, -0.2) is 34.7 Å². The molecule has 0 radical (unpaired) electrons. The summed E-state index contributed by atoms with van der Waals surface area (Å²) in [5.74, 6) is -1.16. The quantitative estimate of drug-likeness (QED) is 0.266. The van der Waals surface area contributed by atoms with Crippen LogP contribution in [0.15, 0.2) is 108 Å². The molecule has 1 aliphatic rings. The molecule has 1 heterocycles. The number of amides is 2. The molecule has 2 amide bonds. The van der Waals surface area contributed by atoms with E-state index in [9.17, 15) is 14.4 Å². The minimum atomic E-state index is -0.809. The fraction of sp³-hybridized carbons (Fsp3) is 0.156. The zero-order chi connectivity index (χ0) is 27.2. The molecule has 1 aliphatic heterocycles. The molecule has 0 fully saturated rings. The van der Waals surface area contributed by atoms with Crippen LogP contribution in [0, 0.1) is 0 Å². The molecule has 0 saturated carbocycles. The molecule has 0 aromatic heterocycles. The summed E-state index contributed by atoms with van der Waals surface area (Å²) >= 11 is 1.64. The molecule has 196 valence electrons. The van der Waals surface area contributed by atoms with Gasteiger partial charge in [-0.05, 0) is 66.4 Å². The van der Waals surface area contributed by atoms with E-state index in [1.807, 2.05) is 72.8 Å². The molecule has 4 aromatic carbocycles. The maximum absolute atomic E-state index is 13.6. The number of carboxylic acid groups (broad SMARTS) is 1. The predicted octanol–water partition coefficient (Wildman–Crippen LogP) is 6.98. The van der Waals surface area contributed by atoms with Gasteiger partial charge in [0, 0.05) is 39.9 Å². The van der Waals surface area contributed by atoms with Gasteiger partial charge in [0.15, 0.2) is 0 Å². The molecule has 5 rings (SSSR count). The third-order valence-electron chi connectivity index (χ3n) is 6.70. The lowest BCUT2D eigenvalue weighted by molar-refractivity contribution is -0.137. The van der Waals surface area contributed by atoms with Gasteiger partial charge in [0.1, 0.15) is 0 Å². The summed E-state index contributed by atoms with van der Waals surface area (Å²) in [4.78, 5) is 40.6. The van der Waals surface area contributed by atoms with E-state index in [0.717, 1.165) is 21.7 Å². The zero-order valence-electron chi connectivity index (χ0n) is 21.2. The van der Waals surface area contributed by atoms with E-state index in [-0.39, 0.29) is 23.5 Å². The van der Waals surface area contributed by atoms with Gasteiger partial charge in [-0.1, -0.05) is 60.7 Å². The lowest BCUT2D eigenvalue weighted by atomic mass is 9.99. The van der Waals surface area contributed by atoms with E-state index in [1.54, 1.807) is 47.0 Å². The Kier molecular flexibility index (Phi) is 8.08. The lowest BCUT2D eigenvalue weighted by Crippen LogP contribution is -2.32. The number of hydrogen-bond acceptors (Lipinski definition) is 4. The number of nitrogens with one attached hydrogen (secondary N) is 1. The van der Waals surface area contributed by atoms with E-state index in [4.69, 9.17) is 5.11 Å². The Balaban J connectivity index is 1.31. The molecular formula is C32H28N2O4S. The number of carbonyl (C=O) groups is 3. The van der Waals surface area contributed by atoms with Crippen molar-refractivity contribution >= 4 is 40.9 Å². The highest BCUT2D eigenvalue weighted by Crippen LogP contribution is 2.39. The molecule has 39 heavy (non-hydrogen) atoms. The van der Waals surface area contributed by atoms with Crippen LogP contribution in [0.1, 0.15) is 40.0 Å². The number of fused-ring (bicyclic) bond motifs is 1. The van der Waals surface area contributed by atoms with Crippen molar-refractivity contribution in [2.45, 2.75) is 29.4 Å². The van der Waals surface area contributed by atoms with Crippen molar-refractivity contribution in [2.75, 3.05) is 16.8 Å². The number of para-hydroxylation sites is 1. The summed E-state index contributed by atoms with van der Waals surface area (Å²) in [6, 6.07) is 31.9. The summed E-state index contributed by atoms with van der Waals surface area (Å²) in [5, 5.41) is 12.2. The molecule has 1 atom stereocenters. The van der Waals surface area contributed by atoms with Gasteiger partial charge >= 0.3 is 5.97 Å². The third-order valence-corrected chi connectivity index (χ3v) is 8.10. The molecule has 6 nitrogen and oxygen atoms in total. The second kappa shape index (κ2) is 12.0. The molecule has 0 bridgehead atoms. The van der Waals surface area contributed by atoms with E-state index in [1.165, 1.54) is 0 Å². The lowest BCUT2D eigenvalue weighted by Gasteiger charge is -2.22. The highest BCUT2D eigenvalue weighted by Gasteiger charge is 2.27. The Hall–Kier alpha value is -4.36. The second-order valence-electron chi connectivity index (χ2n) is 9.33. The number of carboxylic acids is 1. The first-order valence-corrected chi connectivity index (χ1v) is 13.7. The molecule has 0 spiro atoms. The number of hydrogen-bond donors (Lipinski definition) is 2. The largest absolute Gasteiger partial charge is 0.481 e. The molecule has 2 N–H and O–H groups in total. The second-order valence-corrected chi connectivity index (χ2v) is 10.7. The van der Waals surface area contributed by atoms with Gasteiger partial charge in [0.2, 0.25) is 0 Å². The Morgan fingerprint density at radius 1 is 0.846 bits per heavy atom. The van der Waals surface area contributed by atoms with Crippen LogP contribution < -0.4 is 10.2 Å². The first kappa shape index (κ1) is 26.3. The first-order valence-electron chi connectivity index (χ1n) is 12.8. The van der Waals surface area contributed by atoms with Crippen LogP contribution in [0.5, 0.6) is 0 Å². The number of nitrogens with zero attached hydrogens (tertiary/aromatic N) is 1. The topological polar surface area (TPSA) is 86.7 Å². The number of thioether (sulfide) groups is 1. The minimum Gasteiger partial charge on any atom is -0.481 e. The van der Waals surface area contributed by atoms with Crippen molar-refractivity contribution in [1.29, 1.82) is 0 Å². The van der Waals surface area contributed by atoms with Crippen molar-refractivity contribution in [3.63, 3.8) is 0 Å². The van der Waals surface area contributed by atoms with Gasteiger partial charge in [-0.2, -0.15) is 0 Å². The average molecular weight is 537 g/mol. The minimum absolute atomic E-state index is 0.108. The average Bonchev–Trinajstić information content (AvgIpc) is 3.16. The maximum atomic E-state index is 13.6. The fourth-order valence-corrected chi connectivity index (χ4v) is 5.99. The Morgan fingerprint density at radius 3 is 2.31 bits per heavy atom. The van der Waals surface area contributed by atoms with Crippen molar-refractivity contribution in [3.05, 3.63) is 114 Å². The van der Waals surface area contributed by atoms with Gasteiger partial charge in [-0.25, -0.2) is 0 Å². The molecular weight excluding hydrogens is 508 g/mol. The van der Waals surface area contributed by atoms with Crippen molar-refractivity contribution in [1.82, 2.24) is 0 Å². The van der Waals surface area contributed by atoms with Gasteiger partial charge < -0.3 is 15.3 Å². The standard InChI is InChI=1S/C32H28N2O4S/c35-30(36)19-18-25-20-21-34(28-12-6-7-13-29(28)39-25)32(38)23-14-16-24(17-15-23)33-31(37)27-11-5-4-10-26(27)22-8-2-1-3-9-22/h1-17,25H,18-21H2,(H,33,37)(H,35,36)/t25-/m0/s1. The maximum Gasteiger partial charge on any atom is 0.303 e. The van der Waals surface area contributed by atoms with Crippen LogP contribution in [0.2, 0.25) is 0 Å². The predicted molar refractivity (Wildman–Crippen MR) is 156 cm³/mol. The van der Waals surface area contributed by atoms with Crippen LogP contribution in [-0.2, 0) is 4.79 Å². The molecule has 0 unspecified atom stereocenters. The number of aliphatic carboxylic acids is 1. The first-order chi connectivity index (χ1) is 19.0. The highest BCUT2D eigenvalue weighted by atomic mass is 32.2. The smallest absolute Gasteiger partial charge is 0.303 e. The van der Waals surface area contributed by atoms with E-state index >= 15 is 0 Å². The van der Waals surface area contributed by atoms with Crippen molar-refractivity contribution in [3.8, 4) is 11.1 Å². The number of carbonyl (C=O) groups excluding carboxylic acids is 2. The van der Waals surface area contributed by atoms with Crippen LogP contribution in [0.4, 0.5) is 11.4 Å². The Morgan fingerprint density at radius 2 is 1.54 bits per heavy atom. The monoisotopic (exact) mass is 536 g/mol. The summed E-state index contributed by atoms with van der Waals surface area (Å²) in [6.45, 7) is 0.502. The third kappa shape index (κ3) is 6.21.